The van der Waals surface area contributed by atoms with E-state index in [0.29, 0.717) is 29.0 Å². The maximum absolute atomic E-state index is 12.7. The highest BCUT2D eigenvalue weighted by molar-refractivity contribution is 6.21. The first kappa shape index (κ1) is 23.8. The Morgan fingerprint density at radius 2 is 1.32 bits per heavy atom. The van der Waals surface area contributed by atoms with E-state index in [0.717, 1.165) is 39.2 Å². The molecule has 0 fully saturated rings. The maximum Gasteiger partial charge on any atom is 0.261 e. The molecule has 37 heavy (non-hydrogen) atoms. The molecule has 6 nitrogen and oxygen atoms in total. The van der Waals surface area contributed by atoms with Crippen LogP contribution in [0.2, 0.25) is 0 Å². The van der Waals surface area contributed by atoms with Crippen molar-refractivity contribution in [1.29, 1.82) is 0 Å². The minimum atomic E-state index is -0.262. The Bertz CT molecular complexity index is 1630. The summed E-state index contributed by atoms with van der Waals surface area (Å²) in [4.78, 5) is 34.1. The number of aryl methyl sites for hydroxylation is 1. The number of carbonyl (C=O) groups is 2. The molecular formula is C31H24N4O2. The van der Waals surface area contributed by atoms with Crippen LogP contribution >= 0.6 is 0 Å². The highest BCUT2D eigenvalue weighted by Crippen LogP contribution is 2.40. The second-order valence-electron chi connectivity index (χ2n) is 9.26. The molecule has 0 saturated heterocycles. The topological polar surface area (TPSA) is 51.0 Å². The van der Waals surface area contributed by atoms with Crippen LogP contribution in [0, 0.1) is 33.9 Å². The molecule has 4 aromatic rings. The van der Waals surface area contributed by atoms with Gasteiger partial charge in [-0.3, -0.25) is 14.5 Å². The van der Waals surface area contributed by atoms with Gasteiger partial charge >= 0.3 is 0 Å². The number of benzene rings is 3. The third-order valence-corrected chi connectivity index (χ3v) is 7.05. The number of fused-ring (bicyclic) bond motifs is 1. The molecule has 2 amide bonds. The van der Waals surface area contributed by atoms with Crippen molar-refractivity contribution in [2.45, 2.75) is 33.9 Å². The van der Waals surface area contributed by atoms with Crippen molar-refractivity contribution in [1.82, 2.24) is 9.47 Å². The fourth-order valence-electron chi connectivity index (χ4n) is 5.02. The molecule has 6 heteroatoms. The molecule has 0 spiro atoms. The number of hydrogen-bond acceptors (Lipinski definition) is 2. The first-order chi connectivity index (χ1) is 17.8. The van der Waals surface area contributed by atoms with Gasteiger partial charge in [-0.15, -0.1) is 0 Å². The maximum atomic E-state index is 12.7. The van der Waals surface area contributed by atoms with Crippen LogP contribution in [0.5, 0.6) is 0 Å². The van der Waals surface area contributed by atoms with Crippen LogP contribution in [0.4, 0.5) is 11.4 Å². The second kappa shape index (κ2) is 9.26. The third kappa shape index (κ3) is 3.99. The Morgan fingerprint density at radius 1 is 0.730 bits per heavy atom. The van der Waals surface area contributed by atoms with Crippen LogP contribution in [0.1, 0.15) is 48.8 Å². The van der Waals surface area contributed by atoms with Crippen LogP contribution in [0.25, 0.3) is 20.8 Å². The van der Waals surface area contributed by atoms with Gasteiger partial charge in [-0.05, 0) is 55.2 Å². The number of carbonyl (C=O) groups excluding carboxylic acids is 2. The van der Waals surface area contributed by atoms with Gasteiger partial charge < -0.3 is 4.57 Å². The van der Waals surface area contributed by atoms with E-state index in [1.807, 2.05) is 63.2 Å². The highest BCUT2D eigenvalue weighted by Gasteiger charge is 2.34. The Kier molecular flexibility index (Phi) is 5.95. The highest BCUT2D eigenvalue weighted by atomic mass is 16.2. The number of rotatable bonds is 5. The zero-order valence-corrected chi connectivity index (χ0v) is 20.9. The molecule has 0 unspecified atom stereocenters. The van der Waals surface area contributed by atoms with E-state index < -0.39 is 0 Å². The average Bonchev–Trinajstić information content (AvgIpc) is 3.29. The Hall–Kier alpha value is -4.94. The molecule has 0 bridgehead atoms. The molecule has 5 rings (SSSR count). The Morgan fingerprint density at radius 3 is 1.86 bits per heavy atom. The lowest BCUT2D eigenvalue weighted by atomic mass is 10.0. The van der Waals surface area contributed by atoms with E-state index in [9.17, 15) is 9.59 Å². The monoisotopic (exact) mass is 484 g/mol. The number of aromatic nitrogens is 1. The van der Waals surface area contributed by atoms with Crippen molar-refractivity contribution in [3.05, 3.63) is 129 Å². The largest absolute Gasteiger partial charge is 0.355 e. The van der Waals surface area contributed by atoms with Gasteiger partial charge in [-0.2, -0.15) is 0 Å². The zero-order chi connectivity index (χ0) is 26.3. The molecule has 3 aromatic carbocycles. The van der Waals surface area contributed by atoms with Crippen molar-refractivity contribution in [2.24, 2.45) is 0 Å². The van der Waals surface area contributed by atoms with Crippen molar-refractivity contribution < 1.29 is 9.59 Å². The quantitative estimate of drug-likeness (QED) is 0.226. The number of amides is 2. The lowest BCUT2D eigenvalue weighted by Gasteiger charge is -2.15. The van der Waals surface area contributed by atoms with Crippen LogP contribution < -0.4 is 0 Å². The molecule has 0 aliphatic carbocycles. The minimum Gasteiger partial charge on any atom is -0.355 e. The summed E-state index contributed by atoms with van der Waals surface area (Å²) in [6, 6.07) is 20.5. The second-order valence-corrected chi connectivity index (χ2v) is 9.26. The standard InChI is InChI=1S/C31H24N4O2/c1-19-16-24(14-15-27(19)32-4)28-20(2)34(21(3)29(28)33-5)17-22-10-12-23(13-11-22)18-35-30(36)25-8-6-7-9-26(25)31(35)37/h6-16H,17-18H2,1-3H3. The van der Waals surface area contributed by atoms with Crippen molar-refractivity contribution in [3.8, 4) is 11.1 Å². The molecule has 2 heterocycles. The normalized spacial score (nSPS) is 12.4. The van der Waals surface area contributed by atoms with Gasteiger partial charge in [-0.1, -0.05) is 54.6 Å². The summed E-state index contributed by atoms with van der Waals surface area (Å²) in [5.41, 5.74) is 8.67. The van der Waals surface area contributed by atoms with E-state index in [1.54, 1.807) is 24.3 Å². The van der Waals surface area contributed by atoms with Gasteiger partial charge in [0.05, 0.1) is 30.8 Å². The van der Waals surface area contributed by atoms with E-state index in [1.165, 1.54) is 4.90 Å². The first-order valence-electron chi connectivity index (χ1n) is 11.9. The van der Waals surface area contributed by atoms with Crippen LogP contribution in [-0.2, 0) is 13.1 Å². The van der Waals surface area contributed by atoms with E-state index in [-0.39, 0.29) is 18.4 Å². The summed E-state index contributed by atoms with van der Waals surface area (Å²) in [5, 5.41) is 0. The van der Waals surface area contributed by atoms with Crippen LogP contribution in [-0.4, -0.2) is 21.3 Å². The number of hydrogen-bond donors (Lipinski definition) is 0. The van der Waals surface area contributed by atoms with Crippen molar-refractivity contribution >= 4 is 23.2 Å². The summed E-state index contributed by atoms with van der Waals surface area (Å²) in [6.07, 6.45) is 0. The Balaban J connectivity index is 1.39. The molecule has 0 radical (unpaired) electrons. The van der Waals surface area contributed by atoms with Gasteiger partial charge in [0.25, 0.3) is 11.8 Å². The van der Waals surface area contributed by atoms with Gasteiger partial charge in [0.15, 0.2) is 5.69 Å². The molecule has 0 atom stereocenters. The molecule has 1 aromatic heterocycles. The predicted molar refractivity (Wildman–Crippen MR) is 143 cm³/mol. The summed E-state index contributed by atoms with van der Waals surface area (Å²) >= 11 is 0. The lowest BCUT2D eigenvalue weighted by Crippen LogP contribution is -2.29. The summed E-state index contributed by atoms with van der Waals surface area (Å²) in [5.74, 6) is -0.524. The van der Waals surface area contributed by atoms with E-state index in [2.05, 4.69) is 14.3 Å². The summed E-state index contributed by atoms with van der Waals surface area (Å²) in [7, 11) is 0. The van der Waals surface area contributed by atoms with E-state index >= 15 is 0 Å². The van der Waals surface area contributed by atoms with Crippen LogP contribution in [0.3, 0.4) is 0 Å². The lowest BCUT2D eigenvalue weighted by molar-refractivity contribution is 0.0642. The molecule has 1 aliphatic rings. The van der Waals surface area contributed by atoms with Crippen molar-refractivity contribution in [3.63, 3.8) is 0 Å². The fourth-order valence-corrected chi connectivity index (χ4v) is 5.02. The zero-order valence-electron chi connectivity index (χ0n) is 20.9. The van der Waals surface area contributed by atoms with Crippen LogP contribution in [0.15, 0.2) is 66.7 Å². The first-order valence-corrected chi connectivity index (χ1v) is 11.9. The Labute approximate surface area is 216 Å². The van der Waals surface area contributed by atoms with Crippen molar-refractivity contribution in [2.75, 3.05) is 0 Å². The SMILES string of the molecule is [C-]#[N+]c1ccc(-c2c([N+]#[C-])c(C)n(Cc3ccc(CN4C(=O)c5ccccc5C4=O)cc3)c2C)cc1C. The molecule has 1 aliphatic heterocycles. The number of imide groups is 1. The molecule has 0 saturated carbocycles. The molecule has 0 N–H and O–H groups in total. The van der Waals surface area contributed by atoms with Gasteiger partial charge in [0, 0.05) is 23.5 Å². The van der Waals surface area contributed by atoms with E-state index in [4.69, 9.17) is 13.1 Å². The van der Waals surface area contributed by atoms with Gasteiger partial charge in [-0.25, -0.2) is 9.69 Å². The molecular weight excluding hydrogens is 460 g/mol. The fraction of sp³-hybridized carbons (Fsp3) is 0.161. The third-order valence-electron chi connectivity index (χ3n) is 7.05. The minimum absolute atomic E-state index is 0.222. The predicted octanol–water partition coefficient (Wildman–Crippen LogP) is 7.03. The molecule has 180 valence electrons. The smallest absolute Gasteiger partial charge is 0.261 e. The van der Waals surface area contributed by atoms with Gasteiger partial charge in [0.2, 0.25) is 5.69 Å². The summed E-state index contributed by atoms with van der Waals surface area (Å²) in [6.45, 7) is 21.8. The van der Waals surface area contributed by atoms with Gasteiger partial charge in [0.1, 0.15) is 0 Å². The summed E-state index contributed by atoms with van der Waals surface area (Å²) < 4.78 is 2.14. The average molecular weight is 485 g/mol. The number of nitrogens with zero attached hydrogens (tertiary/aromatic N) is 4.